The highest BCUT2D eigenvalue weighted by molar-refractivity contribution is 6.03. The van der Waals surface area contributed by atoms with Gasteiger partial charge in [0.2, 0.25) is 0 Å². The molecule has 1 N–H and O–H groups in total. The fourth-order valence-electron chi connectivity index (χ4n) is 1.45. The summed E-state index contributed by atoms with van der Waals surface area (Å²) in [5.74, 6) is -1.18. The van der Waals surface area contributed by atoms with Crippen LogP contribution in [0.15, 0.2) is 18.2 Å². The number of carbonyl (C=O) groups excluding carboxylic acids is 2. The van der Waals surface area contributed by atoms with E-state index in [1.54, 1.807) is 19.9 Å². The van der Waals surface area contributed by atoms with Gasteiger partial charge in [0.1, 0.15) is 0 Å². The first kappa shape index (κ1) is 14.2. The summed E-state index contributed by atoms with van der Waals surface area (Å²) in [7, 11) is 0. The number of aliphatic hydroxyl groups is 1. The smallest absolute Gasteiger partial charge is 0.339 e. The Labute approximate surface area is 105 Å². The van der Waals surface area contributed by atoms with Crippen molar-refractivity contribution in [3.63, 3.8) is 0 Å². The highest BCUT2D eigenvalue weighted by Gasteiger charge is 2.19. The first-order valence-electron chi connectivity index (χ1n) is 5.72. The monoisotopic (exact) mass is 252 g/mol. The zero-order valence-corrected chi connectivity index (χ0v) is 10.4. The summed E-state index contributed by atoms with van der Waals surface area (Å²) in [6.45, 7) is 3.59. The maximum Gasteiger partial charge on any atom is 0.339 e. The van der Waals surface area contributed by atoms with Gasteiger partial charge >= 0.3 is 11.9 Å². The van der Waals surface area contributed by atoms with Gasteiger partial charge in [-0.25, -0.2) is 9.59 Å². The van der Waals surface area contributed by atoms with E-state index < -0.39 is 11.9 Å². The van der Waals surface area contributed by atoms with Gasteiger partial charge in [0.25, 0.3) is 0 Å². The Hall–Kier alpha value is -1.88. The molecule has 0 radical (unpaired) electrons. The third-order valence-electron chi connectivity index (χ3n) is 2.26. The molecule has 1 aromatic carbocycles. The molecule has 0 aliphatic carbocycles. The quantitative estimate of drug-likeness (QED) is 0.804. The molecule has 1 rings (SSSR count). The minimum Gasteiger partial charge on any atom is -0.462 e. The maximum absolute atomic E-state index is 11.7. The summed E-state index contributed by atoms with van der Waals surface area (Å²) in [6.07, 6.45) is 0. The second-order valence-electron chi connectivity index (χ2n) is 3.48. The lowest BCUT2D eigenvalue weighted by Gasteiger charge is -2.09. The Morgan fingerprint density at radius 3 is 2.11 bits per heavy atom. The number of hydrogen-bond donors (Lipinski definition) is 1. The second-order valence-corrected chi connectivity index (χ2v) is 3.48. The van der Waals surface area contributed by atoms with Crippen LogP contribution in [0.3, 0.4) is 0 Å². The zero-order valence-electron chi connectivity index (χ0n) is 10.4. The predicted molar refractivity (Wildman–Crippen MR) is 64.3 cm³/mol. The highest BCUT2D eigenvalue weighted by Crippen LogP contribution is 2.15. The van der Waals surface area contributed by atoms with Crippen LogP contribution < -0.4 is 0 Å². The van der Waals surface area contributed by atoms with Gasteiger partial charge in [-0.2, -0.15) is 0 Å². The van der Waals surface area contributed by atoms with E-state index in [4.69, 9.17) is 14.6 Å². The van der Waals surface area contributed by atoms with Crippen LogP contribution in [-0.4, -0.2) is 30.3 Å². The molecule has 0 bridgehead atoms. The van der Waals surface area contributed by atoms with E-state index in [0.29, 0.717) is 5.56 Å². The molecule has 5 heteroatoms. The molecule has 0 atom stereocenters. The number of esters is 2. The average Bonchev–Trinajstić information content (AvgIpc) is 2.38. The van der Waals surface area contributed by atoms with Crippen LogP contribution in [0.4, 0.5) is 0 Å². The fourth-order valence-corrected chi connectivity index (χ4v) is 1.45. The standard InChI is InChI=1S/C13H16O5/c1-3-17-12(15)10-6-5-9(8-14)7-11(10)13(16)18-4-2/h5-7,14H,3-4,8H2,1-2H3. The van der Waals surface area contributed by atoms with Crippen molar-refractivity contribution in [1.29, 1.82) is 0 Å². The van der Waals surface area contributed by atoms with E-state index in [1.165, 1.54) is 12.1 Å². The van der Waals surface area contributed by atoms with Crippen molar-refractivity contribution < 1.29 is 24.2 Å². The van der Waals surface area contributed by atoms with E-state index >= 15 is 0 Å². The van der Waals surface area contributed by atoms with Gasteiger partial charge < -0.3 is 14.6 Å². The van der Waals surface area contributed by atoms with E-state index in [1.807, 2.05) is 0 Å². The molecule has 1 aromatic rings. The van der Waals surface area contributed by atoms with Crippen LogP contribution in [0, 0.1) is 0 Å². The Kier molecular flexibility index (Phi) is 5.32. The molecule has 0 aliphatic rings. The van der Waals surface area contributed by atoms with Gasteiger partial charge in [-0.3, -0.25) is 0 Å². The molecule has 18 heavy (non-hydrogen) atoms. The normalized spacial score (nSPS) is 9.94. The number of benzene rings is 1. The molecule has 0 amide bonds. The average molecular weight is 252 g/mol. The van der Waals surface area contributed by atoms with Crippen molar-refractivity contribution >= 4 is 11.9 Å². The Bertz CT molecular complexity index is 439. The van der Waals surface area contributed by atoms with E-state index in [9.17, 15) is 9.59 Å². The van der Waals surface area contributed by atoms with Gasteiger partial charge in [-0.1, -0.05) is 6.07 Å². The van der Waals surface area contributed by atoms with Gasteiger partial charge in [0.15, 0.2) is 0 Å². The molecule has 0 aromatic heterocycles. The summed E-state index contributed by atoms with van der Waals surface area (Å²) >= 11 is 0. The summed E-state index contributed by atoms with van der Waals surface area (Å²) < 4.78 is 9.73. The molecule has 0 heterocycles. The van der Waals surface area contributed by atoms with Crippen molar-refractivity contribution in [3.8, 4) is 0 Å². The number of hydrogen-bond acceptors (Lipinski definition) is 5. The minimum atomic E-state index is -0.601. The highest BCUT2D eigenvalue weighted by atomic mass is 16.5. The lowest BCUT2D eigenvalue weighted by atomic mass is 10.0. The fraction of sp³-hybridized carbons (Fsp3) is 0.385. The van der Waals surface area contributed by atoms with Crippen molar-refractivity contribution in [3.05, 3.63) is 34.9 Å². The van der Waals surface area contributed by atoms with Crippen molar-refractivity contribution in [2.45, 2.75) is 20.5 Å². The minimum absolute atomic E-state index is 0.113. The molecule has 0 fully saturated rings. The third kappa shape index (κ3) is 3.30. The van der Waals surface area contributed by atoms with Crippen LogP contribution in [0.1, 0.15) is 40.1 Å². The first-order chi connectivity index (χ1) is 8.63. The van der Waals surface area contributed by atoms with E-state index in [-0.39, 0.29) is 30.9 Å². The molecule has 5 nitrogen and oxygen atoms in total. The van der Waals surface area contributed by atoms with Gasteiger partial charge in [-0.15, -0.1) is 0 Å². The van der Waals surface area contributed by atoms with Crippen LogP contribution in [0.5, 0.6) is 0 Å². The molecule has 0 spiro atoms. The molecule has 0 unspecified atom stereocenters. The Morgan fingerprint density at radius 1 is 1.06 bits per heavy atom. The van der Waals surface area contributed by atoms with Crippen LogP contribution in [-0.2, 0) is 16.1 Å². The van der Waals surface area contributed by atoms with Gasteiger partial charge in [-0.05, 0) is 31.5 Å². The molecule has 0 saturated heterocycles. The van der Waals surface area contributed by atoms with Crippen LogP contribution >= 0.6 is 0 Å². The van der Waals surface area contributed by atoms with Crippen molar-refractivity contribution in [1.82, 2.24) is 0 Å². The summed E-state index contributed by atoms with van der Waals surface area (Å²) in [4.78, 5) is 23.4. The maximum atomic E-state index is 11.7. The summed E-state index contributed by atoms with van der Waals surface area (Å²) in [6, 6.07) is 4.45. The number of aliphatic hydroxyl groups excluding tert-OH is 1. The summed E-state index contributed by atoms with van der Waals surface area (Å²) in [5.41, 5.74) is 0.792. The van der Waals surface area contributed by atoms with Crippen molar-refractivity contribution in [2.75, 3.05) is 13.2 Å². The largest absolute Gasteiger partial charge is 0.462 e. The SMILES string of the molecule is CCOC(=O)c1ccc(CO)cc1C(=O)OCC. The van der Waals surface area contributed by atoms with Gasteiger partial charge in [0, 0.05) is 0 Å². The Morgan fingerprint density at radius 2 is 1.61 bits per heavy atom. The third-order valence-corrected chi connectivity index (χ3v) is 2.26. The summed E-state index contributed by atoms with van der Waals surface area (Å²) in [5, 5.41) is 9.04. The predicted octanol–water partition coefficient (Wildman–Crippen LogP) is 1.53. The molecular formula is C13H16O5. The Balaban J connectivity index is 3.15. The molecule has 0 aliphatic heterocycles. The van der Waals surface area contributed by atoms with Crippen LogP contribution in [0.2, 0.25) is 0 Å². The number of rotatable bonds is 5. The number of carbonyl (C=O) groups is 2. The van der Waals surface area contributed by atoms with E-state index in [0.717, 1.165) is 0 Å². The second kappa shape index (κ2) is 6.76. The topological polar surface area (TPSA) is 72.8 Å². The lowest BCUT2D eigenvalue weighted by Crippen LogP contribution is -2.14. The van der Waals surface area contributed by atoms with Crippen LogP contribution in [0.25, 0.3) is 0 Å². The molecule has 98 valence electrons. The van der Waals surface area contributed by atoms with Crippen molar-refractivity contribution in [2.24, 2.45) is 0 Å². The first-order valence-corrected chi connectivity index (χ1v) is 5.72. The van der Waals surface area contributed by atoms with Gasteiger partial charge in [0.05, 0.1) is 30.9 Å². The molecule has 0 saturated carbocycles. The lowest BCUT2D eigenvalue weighted by molar-refractivity contribution is 0.0478. The van der Waals surface area contributed by atoms with E-state index in [2.05, 4.69) is 0 Å². The molecular weight excluding hydrogens is 236 g/mol. The number of ether oxygens (including phenoxy) is 2. The zero-order chi connectivity index (χ0) is 13.5.